The number of benzene rings is 1. The Balaban J connectivity index is 2.87. The monoisotopic (exact) mass is 282 g/mol. The summed E-state index contributed by atoms with van der Waals surface area (Å²) in [5.74, 6) is 0.640. The molecule has 0 amide bonds. The van der Waals surface area contributed by atoms with Crippen LogP contribution in [-0.4, -0.2) is 12.4 Å². The first kappa shape index (κ1) is 13.0. The quantitative estimate of drug-likeness (QED) is 0.616. The van der Waals surface area contributed by atoms with Gasteiger partial charge in [-0.05, 0) is 45.0 Å². The maximum absolute atomic E-state index is 11.4. The summed E-state index contributed by atoms with van der Waals surface area (Å²) in [5.41, 5.74) is 1.80. The SMILES string of the molecule is CC(=O)c1cc(Br)ccc1OCC=C(C)C. The second kappa shape index (κ2) is 5.85. The van der Waals surface area contributed by atoms with E-state index in [-0.39, 0.29) is 5.78 Å². The Hall–Kier alpha value is -1.09. The van der Waals surface area contributed by atoms with E-state index in [1.165, 1.54) is 12.5 Å². The van der Waals surface area contributed by atoms with Crippen LogP contribution in [0.25, 0.3) is 0 Å². The second-order valence-electron chi connectivity index (χ2n) is 3.79. The van der Waals surface area contributed by atoms with E-state index >= 15 is 0 Å². The molecule has 86 valence electrons. The number of Topliss-reactive ketones (excluding diaryl/α,β-unsaturated/α-hetero) is 1. The van der Waals surface area contributed by atoms with Gasteiger partial charge in [-0.25, -0.2) is 0 Å². The minimum Gasteiger partial charge on any atom is -0.489 e. The molecule has 0 heterocycles. The molecule has 0 aromatic heterocycles. The van der Waals surface area contributed by atoms with E-state index in [2.05, 4.69) is 15.9 Å². The zero-order valence-electron chi connectivity index (χ0n) is 9.71. The molecule has 2 nitrogen and oxygen atoms in total. The third-order valence-electron chi connectivity index (χ3n) is 2.05. The van der Waals surface area contributed by atoms with Crippen LogP contribution in [0.5, 0.6) is 5.75 Å². The van der Waals surface area contributed by atoms with Crippen LogP contribution in [0, 0.1) is 0 Å². The Kier molecular flexibility index (Phi) is 4.74. The number of hydrogen-bond acceptors (Lipinski definition) is 2. The van der Waals surface area contributed by atoms with E-state index in [0.29, 0.717) is 17.9 Å². The molecule has 0 unspecified atom stereocenters. The van der Waals surface area contributed by atoms with Crippen LogP contribution in [0.15, 0.2) is 34.3 Å². The van der Waals surface area contributed by atoms with Gasteiger partial charge in [-0.15, -0.1) is 0 Å². The van der Waals surface area contributed by atoms with Gasteiger partial charge in [0.05, 0.1) is 5.56 Å². The Morgan fingerprint density at radius 1 is 1.38 bits per heavy atom. The average Bonchev–Trinajstić information content (AvgIpc) is 2.19. The van der Waals surface area contributed by atoms with Crippen LogP contribution < -0.4 is 4.74 Å². The van der Waals surface area contributed by atoms with Gasteiger partial charge in [-0.1, -0.05) is 21.5 Å². The highest BCUT2D eigenvalue weighted by atomic mass is 79.9. The van der Waals surface area contributed by atoms with E-state index in [4.69, 9.17) is 4.74 Å². The van der Waals surface area contributed by atoms with Crippen molar-refractivity contribution in [2.75, 3.05) is 6.61 Å². The van der Waals surface area contributed by atoms with Gasteiger partial charge in [0.2, 0.25) is 0 Å². The summed E-state index contributed by atoms with van der Waals surface area (Å²) in [5, 5.41) is 0. The van der Waals surface area contributed by atoms with E-state index < -0.39 is 0 Å². The molecule has 0 N–H and O–H groups in total. The first-order chi connectivity index (χ1) is 7.50. The van der Waals surface area contributed by atoms with Crippen molar-refractivity contribution in [2.45, 2.75) is 20.8 Å². The molecule has 3 heteroatoms. The van der Waals surface area contributed by atoms with Gasteiger partial charge in [0.25, 0.3) is 0 Å². The predicted molar refractivity (Wildman–Crippen MR) is 69.1 cm³/mol. The molecule has 0 atom stereocenters. The fourth-order valence-corrected chi connectivity index (χ4v) is 1.56. The zero-order valence-corrected chi connectivity index (χ0v) is 11.3. The lowest BCUT2D eigenvalue weighted by atomic mass is 10.1. The summed E-state index contributed by atoms with van der Waals surface area (Å²) in [6, 6.07) is 5.45. The smallest absolute Gasteiger partial charge is 0.163 e. The molecule has 0 saturated heterocycles. The Labute approximate surface area is 104 Å². The summed E-state index contributed by atoms with van der Waals surface area (Å²) < 4.78 is 6.43. The minimum atomic E-state index is 0.00787. The molecule has 0 aliphatic rings. The predicted octanol–water partition coefficient (Wildman–Crippen LogP) is 4.00. The van der Waals surface area contributed by atoms with Crippen molar-refractivity contribution in [2.24, 2.45) is 0 Å². The van der Waals surface area contributed by atoms with E-state index in [9.17, 15) is 4.79 Å². The highest BCUT2D eigenvalue weighted by molar-refractivity contribution is 9.10. The molecule has 0 aliphatic carbocycles. The average molecular weight is 283 g/mol. The van der Waals surface area contributed by atoms with E-state index in [0.717, 1.165) is 4.47 Å². The maximum atomic E-state index is 11.4. The highest BCUT2D eigenvalue weighted by Crippen LogP contribution is 2.23. The minimum absolute atomic E-state index is 0.00787. The van der Waals surface area contributed by atoms with Crippen LogP contribution in [0.3, 0.4) is 0 Å². The van der Waals surface area contributed by atoms with Crippen molar-refractivity contribution in [3.63, 3.8) is 0 Å². The Morgan fingerprint density at radius 3 is 2.62 bits per heavy atom. The number of halogens is 1. The fourth-order valence-electron chi connectivity index (χ4n) is 1.20. The largest absolute Gasteiger partial charge is 0.489 e. The summed E-state index contributed by atoms with van der Waals surface area (Å²) >= 11 is 3.34. The summed E-state index contributed by atoms with van der Waals surface area (Å²) in [7, 11) is 0. The summed E-state index contributed by atoms with van der Waals surface area (Å²) in [6.07, 6.45) is 1.98. The number of rotatable bonds is 4. The first-order valence-corrected chi connectivity index (χ1v) is 5.86. The number of hydrogen-bond donors (Lipinski definition) is 0. The number of allylic oxidation sites excluding steroid dienone is 1. The molecule has 1 rings (SSSR count). The van der Waals surface area contributed by atoms with Crippen molar-refractivity contribution < 1.29 is 9.53 Å². The van der Waals surface area contributed by atoms with Gasteiger partial charge in [-0.2, -0.15) is 0 Å². The molecule has 0 aliphatic heterocycles. The summed E-state index contributed by atoms with van der Waals surface area (Å²) in [4.78, 5) is 11.4. The first-order valence-electron chi connectivity index (χ1n) is 5.07. The molecule has 1 aromatic carbocycles. The van der Waals surface area contributed by atoms with Crippen molar-refractivity contribution in [3.05, 3.63) is 39.9 Å². The molecule has 16 heavy (non-hydrogen) atoms. The molecular formula is C13H15BrO2. The van der Waals surface area contributed by atoms with Gasteiger partial charge in [0, 0.05) is 4.47 Å². The Bertz CT molecular complexity index is 418. The van der Waals surface area contributed by atoms with Crippen LogP contribution in [0.4, 0.5) is 0 Å². The van der Waals surface area contributed by atoms with Gasteiger partial charge in [0.15, 0.2) is 5.78 Å². The molecule has 0 saturated carbocycles. The third kappa shape index (κ3) is 3.81. The lowest BCUT2D eigenvalue weighted by molar-refractivity contribution is 0.101. The molecule has 0 spiro atoms. The standard InChI is InChI=1S/C13H15BrO2/c1-9(2)6-7-16-13-5-4-11(14)8-12(13)10(3)15/h4-6,8H,7H2,1-3H3. The van der Waals surface area contributed by atoms with Crippen LogP contribution in [0.1, 0.15) is 31.1 Å². The van der Waals surface area contributed by atoms with Crippen LogP contribution in [0.2, 0.25) is 0 Å². The number of carbonyl (C=O) groups excluding carboxylic acids is 1. The van der Waals surface area contributed by atoms with E-state index in [1.54, 1.807) is 12.1 Å². The molecule has 0 bridgehead atoms. The lowest BCUT2D eigenvalue weighted by Crippen LogP contribution is -2.01. The molecular weight excluding hydrogens is 268 g/mol. The molecule has 0 radical (unpaired) electrons. The Morgan fingerprint density at radius 2 is 2.06 bits per heavy atom. The van der Waals surface area contributed by atoms with Crippen molar-refractivity contribution >= 4 is 21.7 Å². The van der Waals surface area contributed by atoms with Crippen molar-refractivity contribution in [1.29, 1.82) is 0 Å². The maximum Gasteiger partial charge on any atom is 0.163 e. The van der Waals surface area contributed by atoms with Crippen LogP contribution in [-0.2, 0) is 0 Å². The normalized spacial score (nSPS) is 9.75. The van der Waals surface area contributed by atoms with E-state index in [1.807, 2.05) is 26.0 Å². The van der Waals surface area contributed by atoms with Crippen molar-refractivity contribution in [3.8, 4) is 5.75 Å². The van der Waals surface area contributed by atoms with Crippen LogP contribution >= 0.6 is 15.9 Å². The third-order valence-corrected chi connectivity index (χ3v) is 2.54. The fraction of sp³-hybridized carbons (Fsp3) is 0.308. The number of ketones is 1. The highest BCUT2D eigenvalue weighted by Gasteiger charge is 2.08. The van der Waals surface area contributed by atoms with Gasteiger partial charge < -0.3 is 4.74 Å². The topological polar surface area (TPSA) is 26.3 Å². The molecule has 0 fully saturated rings. The molecule has 1 aromatic rings. The van der Waals surface area contributed by atoms with Gasteiger partial charge >= 0.3 is 0 Å². The summed E-state index contributed by atoms with van der Waals surface area (Å²) in [6.45, 7) is 6.05. The lowest BCUT2D eigenvalue weighted by Gasteiger charge is -2.08. The number of carbonyl (C=O) groups is 1. The van der Waals surface area contributed by atoms with Gasteiger partial charge in [0.1, 0.15) is 12.4 Å². The van der Waals surface area contributed by atoms with Gasteiger partial charge in [-0.3, -0.25) is 4.79 Å². The second-order valence-corrected chi connectivity index (χ2v) is 4.70. The zero-order chi connectivity index (χ0) is 12.1. The number of ether oxygens (including phenoxy) is 1. The van der Waals surface area contributed by atoms with Crippen molar-refractivity contribution in [1.82, 2.24) is 0 Å².